The molecule has 1 saturated carbocycles. The molecule has 2 aliphatic heterocycles. The van der Waals surface area contributed by atoms with Crippen LogP contribution < -0.4 is 5.73 Å². The SMILES string of the molecule is Cl.NC1CCC2CN(C(=O)C3CSCN3C(=O)c3ccc(Cl)cc3)CC12. The number of thioether (sulfide) groups is 1. The molecule has 1 aromatic carbocycles. The van der Waals surface area contributed by atoms with Crippen LogP contribution in [0.2, 0.25) is 5.02 Å². The van der Waals surface area contributed by atoms with Crippen molar-refractivity contribution in [3.8, 4) is 0 Å². The van der Waals surface area contributed by atoms with Gasteiger partial charge >= 0.3 is 0 Å². The van der Waals surface area contributed by atoms with E-state index in [-0.39, 0.29) is 36.3 Å². The van der Waals surface area contributed by atoms with Crippen LogP contribution in [-0.2, 0) is 4.79 Å². The summed E-state index contributed by atoms with van der Waals surface area (Å²) in [5, 5.41) is 0.597. The maximum absolute atomic E-state index is 13.0. The minimum absolute atomic E-state index is 0. The summed E-state index contributed by atoms with van der Waals surface area (Å²) in [7, 11) is 0. The number of benzene rings is 1. The molecule has 142 valence electrons. The maximum atomic E-state index is 13.0. The summed E-state index contributed by atoms with van der Waals surface area (Å²) < 4.78 is 0. The van der Waals surface area contributed by atoms with Crippen LogP contribution >= 0.6 is 35.8 Å². The maximum Gasteiger partial charge on any atom is 0.255 e. The summed E-state index contributed by atoms with van der Waals surface area (Å²) in [5.41, 5.74) is 6.76. The molecule has 2 amide bonds. The van der Waals surface area contributed by atoms with E-state index in [1.807, 2.05) is 4.90 Å². The Morgan fingerprint density at radius 1 is 1.15 bits per heavy atom. The van der Waals surface area contributed by atoms with E-state index in [0.717, 1.165) is 25.9 Å². The number of hydrogen-bond donors (Lipinski definition) is 1. The van der Waals surface area contributed by atoms with Crippen LogP contribution in [0.4, 0.5) is 0 Å². The lowest BCUT2D eigenvalue weighted by molar-refractivity contribution is -0.134. The molecule has 0 radical (unpaired) electrons. The predicted octanol–water partition coefficient (Wildman–Crippen LogP) is 2.47. The lowest BCUT2D eigenvalue weighted by Crippen LogP contribution is -2.49. The Bertz CT molecular complexity index is 688. The lowest BCUT2D eigenvalue weighted by atomic mass is 9.98. The molecule has 4 atom stereocenters. The van der Waals surface area contributed by atoms with Crippen LogP contribution in [0.1, 0.15) is 23.2 Å². The zero-order valence-corrected chi connectivity index (χ0v) is 16.7. The zero-order chi connectivity index (χ0) is 17.6. The molecule has 2 N–H and O–H groups in total. The van der Waals surface area contributed by atoms with Gasteiger partial charge in [-0.25, -0.2) is 0 Å². The van der Waals surface area contributed by atoms with Gasteiger partial charge in [0.15, 0.2) is 0 Å². The van der Waals surface area contributed by atoms with Crippen LogP contribution in [0.3, 0.4) is 0 Å². The number of carbonyl (C=O) groups excluding carboxylic acids is 2. The Hall–Kier alpha value is -0.950. The van der Waals surface area contributed by atoms with E-state index in [4.69, 9.17) is 17.3 Å². The van der Waals surface area contributed by atoms with E-state index in [1.54, 1.807) is 40.9 Å². The van der Waals surface area contributed by atoms with Gasteiger partial charge < -0.3 is 15.5 Å². The van der Waals surface area contributed by atoms with Crippen molar-refractivity contribution in [3.05, 3.63) is 34.9 Å². The summed E-state index contributed by atoms with van der Waals surface area (Å²) in [5.74, 6) is 2.16. The quantitative estimate of drug-likeness (QED) is 0.805. The third-order valence-electron chi connectivity index (χ3n) is 5.74. The first kappa shape index (κ1) is 19.8. The number of rotatable bonds is 2. The minimum atomic E-state index is -0.372. The van der Waals surface area contributed by atoms with Crippen molar-refractivity contribution in [3.63, 3.8) is 0 Å². The third kappa shape index (κ3) is 3.57. The van der Waals surface area contributed by atoms with Gasteiger partial charge in [0.2, 0.25) is 5.91 Å². The molecule has 3 aliphatic rings. The van der Waals surface area contributed by atoms with Gasteiger partial charge in [-0.2, -0.15) is 0 Å². The summed E-state index contributed by atoms with van der Waals surface area (Å²) >= 11 is 7.53. The Morgan fingerprint density at radius 3 is 2.58 bits per heavy atom. The number of halogens is 2. The van der Waals surface area contributed by atoms with Crippen molar-refractivity contribution in [2.75, 3.05) is 24.7 Å². The highest BCUT2D eigenvalue weighted by atomic mass is 35.5. The van der Waals surface area contributed by atoms with E-state index in [2.05, 4.69) is 0 Å². The number of carbonyl (C=O) groups is 2. The van der Waals surface area contributed by atoms with E-state index >= 15 is 0 Å². The summed E-state index contributed by atoms with van der Waals surface area (Å²) in [6, 6.07) is 6.69. The molecule has 0 aromatic heterocycles. The average Bonchev–Trinajstić information content (AvgIpc) is 3.32. The number of fused-ring (bicyclic) bond motifs is 1. The first-order valence-corrected chi connectivity index (χ1v) is 10.3. The standard InChI is InChI=1S/C18H22ClN3O2S.ClH/c19-13-4-1-11(2-5-13)17(23)22-10-25-9-16(22)18(24)21-7-12-3-6-15(20)14(12)8-21;/h1-2,4-5,12,14-16H,3,6-10,20H2;1H. The molecule has 1 aliphatic carbocycles. The molecule has 3 fully saturated rings. The van der Waals surface area contributed by atoms with E-state index in [9.17, 15) is 9.59 Å². The first-order valence-electron chi connectivity index (χ1n) is 8.73. The molecule has 1 aromatic rings. The minimum Gasteiger partial charge on any atom is -0.340 e. The van der Waals surface area contributed by atoms with Crippen LogP contribution in [0, 0.1) is 11.8 Å². The van der Waals surface area contributed by atoms with Gasteiger partial charge in [0.25, 0.3) is 5.91 Å². The summed E-state index contributed by atoms with van der Waals surface area (Å²) in [4.78, 5) is 29.5. The fourth-order valence-corrected chi connectivity index (χ4v) is 5.57. The monoisotopic (exact) mass is 415 g/mol. The van der Waals surface area contributed by atoms with Gasteiger partial charge in [0.05, 0.1) is 5.88 Å². The number of nitrogens with two attached hydrogens (primary N) is 1. The van der Waals surface area contributed by atoms with Gasteiger partial charge in [-0.05, 0) is 48.9 Å². The molecular weight excluding hydrogens is 393 g/mol. The molecule has 2 saturated heterocycles. The summed E-state index contributed by atoms with van der Waals surface area (Å²) in [6.07, 6.45) is 2.18. The van der Waals surface area contributed by atoms with Crippen molar-refractivity contribution in [2.24, 2.45) is 17.6 Å². The highest BCUT2D eigenvalue weighted by molar-refractivity contribution is 7.99. The van der Waals surface area contributed by atoms with Gasteiger partial charge in [-0.15, -0.1) is 24.2 Å². The molecule has 26 heavy (non-hydrogen) atoms. The molecule has 0 bridgehead atoms. The van der Waals surface area contributed by atoms with Crippen molar-refractivity contribution < 1.29 is 9.59 Å². The van der Waals surface area contributed by atoms with Crippen molar-refractivity contribution in [1.29, 1.82) is 0 Å². The predicted molar refractivity (Wildman–Crippen MR) is 107 cm³/mol. The Morgan fingerprint density at radius 2 is 1.88 bits per heavy atom. The Balaban J connectivity index is 0.00000196. The smallest absolute Gasteiger partial charge is 0.255 e. The van der Waals surface area contributed by atoms with Crippen molar-refractivity contribution in [1.82, 2.24) is 9.80 Å². The lowest BCUT2D eigenvalue weighted by Gasteiger charge is -2.28. The van der Waals surface area contributed by atoms with Gasteiger partial charge in [0, 0.05) is 35.5 Å². The molecule has 0 spiro atoms. The van der Waals surface area contributed by atoms with E-state index in [0.29, 0.717) is 34.1 Å². The van der Waals surface area contributed by atoms with Gasteiger partial charge in [-0.1, -0.05) is 11.6 Å². The fourth-order valence-electron chi connectivity index (χ4n) is 4.30. The average molecular weight is 416 g/mol. The van der Waals surface area contributed by atoms with E-state index in [1.165, 1.54) is 0 Å². The number of likely N-dealkylation sites (tertiary alicyclic amines) is 1. The molecule has 5 nitrogen and oxygen atoms in total. The number of amides is 2. The van der Waals surface area contributed by atoms with Gasteiger partial charge in [0.1, 0.15) is 6.04 Å². The van der Waals surface area contributed by atoms with Crippen LogP contribution in [0.5, 0.6) is 0 Å². The highest BCUT2D eigenvalue weighted by Crippen LogP contribution is 2.38. The topological polar surface area (TPSA) is 66.6 Å². The Labute approximate surface area is 169 Å². The second-order valence-electron chi connectivity index (χ2n) is 7.21. The van der Waals surface area contributed by atoms with Crippen LogP contribution in [-0.4, -0.2) is 58.4 Å². The Kier molecular flexibility index (Phi) is 6.07. The second-order valence-corrected chi connectivity index (χ2v) is 8.64. The third-order valence-corrected chi connectivity index (χ3v) is 7.01. The molecule has 4 unspecified atom stereocenters. The van der Waals surface area contributed by atoms with Crippen molar-refractivity contribution in [2.45, 2.75) is 24.9 Å². The highest BCUT2D eigenvalue weighted by Gasteiger charge is 2.45. The second kappa shape index (κ2) is 7.97. The van der Waals surface area contributed by atoms with E-state index < -0.39 is 0 Å². The number of nitrogens with zero attached hydrogens (tertiary/aromatic N) is 2. The fraction of sp³-hybridized carbons (Fsp3) is 0.556. The molecule has 4 rings (SSSR count). The molecular formula is C18H23Cl2N3O2S. The summed E-state index contributed by atoms with van der Waals surface area (Å²) in [6.45, 7) is 1.54. The first-order chi connectivity index (χ1) is 12.0. The van der Waals surface area contributed by atoms with Crippen LogP contribution in [0.25, 0.3) is 0 Å². The van der Waals surface area contributed by atoms with Crippen LogP contribution in [0.15, 0.2) is 24.3 Å². The van der Waals surface area contributed by atoms with Crippen molar-refractivity contribution >= 4 is 47.6 Å². The number of hydrogen-bond acceptors (Lipinski definition) is 4. The normalized spacial score (nSPS) is 30.2. The molecule has 2 heterocycles. The molecule has 8 heteroatoms. The zero-order valence-electron chi connectivity index (χ0n) is 14.3. The largest absolute Gasteiger partial charge is 0.340 e. The van der Waals surface area contributed by atoms with Gasteiger partial charge in [-0.3, -0.25) is 9.59 Å².